The predicted octanol–water partition coefficient (Wildman–Crippen LogP) is 4.48. The van der Waals surface area contributed by atoms with Crippen molar-refractivity contribution in [2.75, 3.05) is 7.11 Å². The molecule has 0 heterocycles. The lowest BCUT2D eigenvalue weighted by molar-refractivity contribution is -0.117. The SMILES string of the molecule is COc1cc(C)c(/C=C(\C#N)C(=O)NC2CCCCC2)cc1C(C)C. The van der Waals surface area contributed by atoms with E-state index in [0.717, 1.165) is 48.1 Å². The van der Waals surface area contributed by atoms with E-state index in [1.807, 2.05) is 19.1 Å². The Morgan fingerprint density at radius 1 is 1.32 bits per heavy atom. The van der Waals surface area contributed by atoms with Crippen LogP contribution in [0.2, 0.25) is 0 Å². The molecule has 0 spiro atoms. The zero-order valence-corrected chi connectivity index (χ0v) is 15.7. The average molecular weight is 340 g/mol. The fourth-order valence-electron chi connectivity index (χ4n) is 3.31. The van der Waals surface area contributed by atoms with Gasteiger partial charge in [-0.3, -0.25) is 4.79 Å². The molecule has 4 heteroatoms. The molecule has 2 rings (SSSR count). The summed E-state index contributed by atoms with van der Waals surface area (Å²) in [5.74, 6) is 0.870. The van der Waals surface area contributed by atoms with E-state index in [-0.39, 0.29) is 17.5 Å². The molecule has 134 valence electrons. The Kier molecular flexibility index (Phi) is 6.64. The predicted molar refractivity (Wildman–Crippen MR) is 100 cm³/mol. The maximum atomic E-state index is 12.5. The molecule has 25 heavy (non-hydrogen) atoms. The van der Waals surface area contributed by atoms with Crippen LogP contribution in [-0.4, -0.2) is 19.1 Å². The molecule has 1 N–H and O–H groups in total. The van der Waals surface area contributed by atoms with E-state index in [2.05, 4.69) is 25.2 Å². The number of benzene rings is 1. The number of carbonyl (C=O) groups excluding carboxylic acids is 1. The highest BCUT2D eigenvalue weighted by Crippen LogP contribution is 2.30. The van der Waals surface area contributed by atoms with E-state index in [1.54, 1.807) is 13.2 Å². The van der Waals surface area contributed by atoms with Gasteiger partial charge in [-0.2, -0.15) is 5.26 Å². The molecule has 0 saturated heterocycles. The number of methoxy groups -OCH3 is 1. The number of aryl methyl sites for hydroxylation is 1. The highest BCUT2D eigenvalue weighted by Gasteiger charge is 2.19. The number of rotatable bonds is 5. The number of amides is 1. The number of hydrogen-bond donors (Lipinski definition) is 1. The van der Waals surface area contributed by atoms with Crippen LogP contribution in [0.3, 0.4) is 0 Å². The largest absolute Gasteiger partial charge is 0.496 e. The van der Waals surface area contributed by atoms with Gasteiger partial charge in [-0.15, -0.1) is 0 Å². The van der Waals surface area contributed by atoms with Crippen molar-refractivity contribution in [3.63, 3.8) is 0 Å². The van der Waals surface area contributed by atoms with E-state index in [4.69, 9.17) is 4.74 Å². The second kappa shape index (κ2) is 8.71. The Morgan fingerprint density at radius 3 is 2.56 bits per heavy atom. The number of nitriles is 1. The van der Waals surface area contributed by atoms with Crippen molar-refractivity contribution in [2.45, 2.75) is 64.8 Å². The van der Waals surface area contributed by atoms with Crippen molar-refractivity contribution in [2.24, 2.45) is 0 Å². The number of hydrogen-bond acceptors (Lipinski definition) is 3. The summed E-state index contributed by atoms with van der Waals surface area (Å²) < 4.78 is 5.46. The van der Waals surface area contributed by atoms with Gasteiger partial charge in [-0.05, 0) is 60.6 Å². The van der Waals surface area contributed by atoms with Gasteiger partial charge in [0.25, 0.3) is 5.91 Å². The summed E-state index contributed by atoms with van der Waals surface area (Å²) in [6.07, 6.45) is 7.22. The third kappa shape index (κ3) is 4.85. The van der Waals surface area contributed by atoms with Crippen molar-refractivity contribution >= 4 is 12.0 Å². The minimum absolute atomic E-state index is 0.161. The summed E-state index contributed by atoms with van der Waals surface area (Å²) in [4.78, 5) is 12.5. The van der Waals surface area contributed by atoms with E-state index >= 15 is 0 Å². The monoisotopic (exact) mass is 340 g/mol. The minimum Gasteiger partial charge on any atom is -0.496 e. The fraction of sp³-hybridized carbons (Fsp3) is 0.524. The molecule has 0 atom stereocenters. The Labute approximate surface area is 150 Å². The van der Waals surface area contributed by atoms with Crippen LogP contribution in [0.5, 0.6) is 5.75 Å². The Bertz CT molecular complexity index is 693. The normalized spacial score (nSPS) is 15.8. The van der Waals surface area contributed by atoms with Crippen LogP contribution in [0.1, 0.15) is 68.6 Å². The highest BCUT2D eigenvalue weighted by atomic mass is 16.5. The van der Waals surface area contributed by atoms with Gasteiger partial charge in [-0.25, -0.2) is 0 Å². The number of carbonyl (C=O) groups is 1. The molecule has 1 fully saturated rings. The molecular formula is C21H28N2O2. The maximum Gasteiger partial charge on any atom is 0.262 e. The molecule has 0 aromatic heterocycles. The third-order valence-electron chi connectivity index (χ3n) is 4.85. The van der Waals surface area contributed by atoms with Crippen LogP contribution in [0.15, 0.2) is 17.7 Å². The first-order chi connectivity index (χ1) is 12.0. The molecular weight excluding hydrogens is 312 g/mol. The summed E-state index contributed by atoms with van der Waals surface area (Å²) in [6.45, 7) is 6.16. The Balaban J connectivity index is 2.27. The van der Waals surface area contributed by atoms with Crippen LogP contribution in [-0.2, 0) is 4.79 Å². The molecule has 1 aromatic rings. The Hall–Kier alpha value is -2.28. The third-order valence-corrected chi connectivity index (χ3v) is 4.85. The molecule has 1 aliphatic carbocycles. The average Bonchev–Trinajstić information content (AvgIpc) is 2.60. The van der Waals surface area contributed by atoms with E-state index in [1.165, 1.54) is 6.42 Å². The second-order valence-corrected chi connectivity index (χ2v) is 7.08. The van der Waals surface area contributed by atoms with Crippen LogP contribution in [0.25, 0.3) is 6.08 Å². The van der Waals surface area contributed by atoms with Crippen molar-refractivity contribution in [3.8, 4) is 11.8 Å². The lowest BCUT2D eigenvalue weighted by atomic mass is 9.94. The molecule has 0 bridgehead atoms. The zero-order chi connectivity index (χ0) is 18.4. The quantitative estimate of drug-likeness (QED) is 0.635. The van der Waals surface area contributed by atoms with Gasteiger partial charge in [0.1, 0.15) is 17.4 Å². The van der Waals surface area contributed by atoms with Crippen molar-refractivity contribution in [1.82, 2.24) is 5.32 Å². The summed E-state index contributed by atoms with van der Waals surface area (Å²) in [5, 5.41) is 12.5. The summed E-state index contributed by atoms with van der Waals surface area (Å²) in [7, 11) is 1.66. The van der Waals surface area contributed by atoms with Gasteiger partial charge in [0.15, 0.2) is 0 Å². The Morgan fingerprint density at radius 2 is 2.00 bits per heavy atom. The second-order valence-electron chi connectivity index (χ2n) is 7.08. The first kappa shape index (κ1) is 19.1. The smallest absolute Gasteiger partial charge is 0.262 e. The summed E-state index contributed by atoms with van der Waals surface area (Å²) in [6, 6.07) is 6.24. The number of nitrogens with one attached hydrogen (secondary N) is 1. The van der Waals surface area contributed by atoms with Crippen molar-refractivity contribution in [3.05, 3.63) is 34.4 Å². The fourth-order valence-corrected chi connectivity index (χ4v) is 3.31. The van der Waals surface area contributed by atoms with Crippen LogP contribution >= 0.6 is 0 Å². The van der Waals surface area contributed by atoms with Crippen LogP contribution in [0, 0.1) is 18.3 Å². The number of ether oxygens (including phenoxy) is 1. The zero-order valence-electron chi connectivity index (χ0n) is 15.7. The molecule has 4 nitrogen and oxygen atoms in total. The van der Waals surface area contributed by atoms with Crippen LogP contribution < -0.4 is 10.1 Å². The summed E-state index contributed by atoms with van der Waals surface area (Å²) >= 11 is 0. The molecule has 1 aromatic carbocycles. The molecule has 1 aliphatic rings. The van der Waals surface area contributed by atoms with Crippen molar-refractivity contribution < 1.29 is 9.53 Å². The lowest BCUT2D eigenvalue weighted by Gasteiger charge is -2.22. The van der Waals surface area contributed by atoms with Gasteiger partial charge in [-0.1, -0.05) is 33.1 Å². The van der Waals surface area contributed by atoms with Gasteiger partial charge in [0.2, 0.25) is 0 Å². The van der Waals surface area contributed by atoms with E-state index < -0.39 is 0 Å². The molecule has 1 saturated carbocycles. The summed E-state index contributed by atoms with van der Waals surface area (Å²) in [5.41, 5.74) is 3.11. The molecule has 0 aliphatic heterocycles. The van der Waals surface area contributed by atoms with Gasteiger partial charge in [0, 0.05) is 6.04 Å². The topological polar surface area (TPSA) is 62.1 Å². The van der Waals surface area contributed by atoms with Gasteiger partial charge < -0.3 is 10.1 Å². The van der Waals surface area contributed by atoms with Gasteiger partial charge >= 0.3 is 0 Å². The minimum atomic E-state index is -0.268. The lowest BCUT2D eigenvalue weighted by Crippen LogP contribution is -2.36. The van der Waals surface area contributed by atoms with E-state index in [0.29, 0.717) is 5.92 Å². The van der Waals surface area contributed by atoms with Gasteiger partial charge in [0.05, 0.1) is 7.11 Å². The van der Waals surface area contributed by atoms with Crippen LogP contribution in [0.4, 0.5) is 0 Å². The highest BCUT2D eigenvalue weighted by molar-refractivity contribution is 6.02. The van der Waals surface area contributed by atoms with Crippen molar-refractivity contribution in [1.29, 1.82) is 5.26 Å². The first-order valence-corrected chi connectivity index (χ1v) is 9.07. The number of nitrogens with zero attached hydrogens (tertiary/aromatic N) is 1. The molecule has 0 unspecified atom stereocenters. The molecule has 1 amide bonds. The van der Waals surface area contributed by atoms with E-state index in [9.17, 15) is 10.1 Å². The first-order valence-electron chi connectivity index (χ1n) is 9.07. The standard InChI is InChI=1S/C21H28N2O2/c1-14(2)19-12-16(15(3)10-20(19)25-4)11-17(13-22)21(24)23-18-8-6-5-7-9-18/h10-12,14,18H,5-9H2,1-4H3,(H,23,24)/b17-11+. The molecule has 0 radical (unpaired) electrons. The maximum absolute atomic E-state index is 12.5.